The molecule has 0 bridgehead atoms. The van der Waals surface area contributed by atoms with Crippen LogP contribution in [0.4, 0.5) is 0 Å². The van der Waals surface area contributed by atoms with E-state index in [0.29, 0.717) is 35.4 Å². The number of hydrogen-bond acceptors (Lipinski definition) is 5. The number of hydrazine groups is 1. The SMILES string of the molecule is Cc1cccc(C(=O)N/N=C2\CCCc3oc(C(=O)NNC(=O)Cc4ccccc4)c(C)c32)c1. The lowest BCUT2D eigenvalue weighted by Gasteiger charge is -2.13. The first kappa shape index (κ1) is 23.0. The second-order valence-electron chi connectivity index (χ2n) is 8.24. The average Bonchev–Trinajstić information content (AvgIpc) is 3.18. The molecule has 8 heteroatoms. The van der Waals surface area contributed by atoms with Gasteiger partial charge in [0.25, 0.3) is 5.91 Å². The summed E-state index contributed by atoms with van der Waals surface area (Å²) in [5.74, 6) is -0.424. The normalized spacial score (nSPS) is 13.8. The summed E-state index contributed by atoms with van der Waals surface area (Å²) in [6.07, 6.45) is 2.24. The van der Waals surface area contributed by atoms with Crippen LogP contribution in [-0.4, -0.2) is 23.4 Å². The molecule has 2 aromatic carbocycles. The van der Waals surface area contributed by atoms with Gasteiger partial charge >= 0.3 is 5.91 Å². The molecule has 3 amide bonds. The number of carbonyl (C=O) groups is 3. The van der Waals surface area contributed by atoms with E-state index in [1.165, 1.54) is 0 Å². The van der Waals surface area contributed by atoms with Crippen molar-refractivity contribution in [3.8, 4) is 0 Å². The van der Waals surface area contributed by atoms with Crippen LogP contribution in [0.5, 0.6) is 0 Å². The van der Waals surface area contributed by atoms with Gasteiger partial charge in [-0.2, -0.15) is 5.10 Å². The van der Waals surface area contributed by atoms with Crippen molar-refractivity contribution in [1.82, 2.24) is 16.3 Å². The maximum Gasteiger partial charge on any atom is 0.305 e. The molecule has 0 radical (unpaired) electrons. The van der Waals surface area contributed by atoms with Gasteiger partial charge < -0.3 is 4.42 Å². The minimum absolute atomic E-state index is 0.115. The standard InChI is InChI=1S/C26H26N4O4/c1-16-8-6-11-19(14-16)25(32)29-27-20-12-7-13-21-23(20)17(2)24(34-21)26(33)30-28-22(31)15-18-9-4-3-5-10-18/h3-6,8-11,14H,7,12-13,15H2,1-2H3,(H,28,31)(H,29,32)(H,30,33)/b27-20+. The molecule has 3 aromatic rings. The maximum absolute atomic E-state index is 12.7. The Bertz CT molecular complexity index is 1260. The summed E-state index contributed by atoms with van der Waals surface area (Å²) in [5, 5.41) is 4.34. The molecule has 0 saturated heterocycles. The zero-order valence-electron chi connectivity index (χ0n) is 19.1. The van der Waals surface area contributed by atoms with Gasteiger partial charge in [0.1, 0.15) is 5.76 Å². The quantitative estimate of drug-likeness (QED) is 0.509. The number of furan rings is 1. The summed E-state index contributed by atoms with van der Waals surface area (Å²) in [6, 6.07) is 16.5. The highest BCUT2D eigenvalue weighted by Gasteiger charge is 2.28. The summed E-state index contributed by atoms with van der Waals surface area (Å²) in [6.45, 7) is 3.69. The molecule has 8 nitrogen and oxygen atoms in total. The van der Waals surface area contributed by atoms with E-state index in [0.717, 1.165) is 23.1 Å². The Hall–Kier alpha value is -4.20. The number of nitrogens with zero attached hydrogens (tertiary/aromatic N) is 1. The van der Waals surface area contributed by atoms with Crippen LogP contribution in [0.1, 0.15) is 61.8 Å². The zero-order chi connectivity index (χ0) is 24.1. The zero-order valence-corrected chi connectivity index (χ0v) is 19.1. The molecule has 1 aliphatic rings. The molecule has 3 N–H and O–H groups in total. The van der Waals surface area contributed by atoms with Gasteiger partial charge in [0, 0.05) is 23.1 Å². The Labute approximate surface area is 197 Å². The summed E-state index contributed by atoms with van der Waals surface area (Å²) >= 11 is 0. The fraction of sp³-hybridized carbons (Fsp3) is 0.231. The predicted octanol–water partition coefficient (Wildman–Crippen LogP) is 3.37. The number of hydrogen-bond donors (Lipinski definition) is 3. The first-order valence-corrected chi connectivity index (χ1v) is 11.1. The Balaban J connectivity index is 1.44. The smallest absolute Gasteiger partial charge is 0.305 e. The van der Waals surface area contributed by atoms with Crippen LogP contribution < -0.4 is 16.3 Å². The summed E-state index contributed by atoms with van der Waals surface area (Å²) in [5.41, 5.74) is 11.8. The highest BCUT2D eigenvalue weighted by atomic mass is 16.4. The third kappa shape index (κ3) is 5.23. The van der Waals surface area contributed by atoms with E-state index in [4.69, 9.17) is 4.42 Å². The van der Waals surface area contributed by atoms with Crippen molar-refractivity contribution >= 4 is 23.4 Å². The van der Waals surface area contributed by atoms with Crippen LogP contribution in [0.25, 0.3) is 0 Å². The molecule has 0 fully saturated rings. The van der Waals surface area contributed by atoms with Gasteiger partial charge in [-0.15, -0.1) is 0 Å². The second kappa shape index (κ2) is 10.2. The van der Waals surface area contributed by atoms with Crippen LogP contribution in [0, 0.1) is 13.8 Å². The molecule has 4 rings (SSSR count). The molecule has 0 atom stereocenters. The number of benzene rings is 2. The Morgan fingerprint density at radius 3 is 2.50 bits per heavy atom. The fourth-order valence-electron chi connectivity index (χ4n) is 3.97. The summed E-state index contributed by atoms with van der Waals surface area (Å²) in [7, 11) is 0. The molecule has 0 unspecified atom stereocenters. The fourth-order valence-corrected chi connectivity index (χ4v) is 3.97. The van der Waals surface area contributed by atoms with Gasteiger partial charge in [-0.1, -0.05) is 48.0 Å². The van der Waals surface area contributed by atoms with Crippen molar-refractivity contribution < 1.29 is 18.8 Å². The number of nitrogens with one attached hydrogen (secondary N) is 3. The van der Waals surface area contributed by atoms with Crippen molar-refractivity contribution in [3.05, 3.63) is 93.9 Å². The molecule has 1 aliphatic carbocycles. The molecule has 1 aromatic heterocycles. The molecular weight excluding hydrogens is 432 g/mol. The van der Waals surface area contributed by atoms with E-state index in [-0.39, 0.29) is 24.0 Å². The lowest BCUT2D eigenvalue weighted by molar-refractivity contribution is -0.121. The first-order valence-electron chi connectivity index (χ1n) is 11.1. The summed E-state index contributed by atoms with van der Waals surface area (Å²) in [4.78, 5) is 37.3. The number of rotatable bonds is 5. The van der Waals surface area contributed by atoms with Crippen LogP contribution in [0.2, 0.25) is 0 Å². The molecule has 174 valence electrons. The molecule has 0 aliphatic heterocycles. The topological polar surface area (TPSA) is 113 Å². The van der Waals surface area contributed by atoms with Crippen LogP contribution in [-0.2, 0) is 17.6 Å². The van der Waals surface area contributed by atoms with Gasteiger partial charge in [0.2, 0.25) is 5.91 Å². The predicted molar refractivity (Wildman–Crippen MR) is 127 cm³/mol. The maximum atomic E-state index is 12.7. The Morgan fingerprint density at radius 2 is 1.74 bits per heavy atom. The molecule has 0 saturated carbocycles. The van der Waals surface area contributed by atoms with Crippen LogP contribution in [0.3, 0.4) is 0 Å². The van der Waals surface area contributed by atoms with Crippen molar-refractivity contribution in [1.29, 1.82) is 0 Å². The average molecular weight is 459 g/mol. The van der Waals surface area contributed by atoms with E-state index in [2.05, 4.69) is 21.4 Å². The molecule has 0 spiro atoms. The number of fused-ring (bicyclic) bond motifs is 1. The number of carbonyl (C=O) groups excluding carboxylic acids is 3. The monoisotopic (exact) mass is 458 g/mol. The van der Waals surface area contributed by atoms with Gasteiger partial charge in [-0.25, -0.2) is 5.43 Å². The van der Waals surface area contributed by atoms with Crippen molar-refractivity contribution in [2.24, 2.45) is 5.10 Å². The minimum atomic E-state index is -0.545. The van der Waals surface area contributed by atoms with E-state index in [1.807, 2.05) is 49.4 Å². The number of hydrazone groups is 1. The molecular formula is C26H26N4O4. The van der Waals surface area contributed by atoms with Crippen molar-refractivity contribution in [3.63, 3.8) is 0 Å². The lowest BCUT2D eigenvalue weighted by Crippen LogP contribution is -2.42. The van der Waals surface area contributed by atoms with Crippen LogP contribution >= 0.6 is 0 Å². The third-order valence-electron chi connectivity index (χ3n) is 5.63. The largest absolute Gasteiger partial charge is 0.455 e. The Morgan fingerprint density at radius 1 is 0.941 bits per heavy atom. The minimum Gasteiger partial charge on any atom is -0.455 e. The van der Waals surface area contributed by atoms with Crippen molar-refractivity contribution in [2.45, 2.75) is 39.5 Å². The van der Waals surface area contributed by atoms with E-state index in [1.54, 1.807) is 19.1 Å². The molecule has 1 heterocycles. The Kier molecular flexibility index (Phi) is 6.87. The van der Waals surface area contributed by atoms with Crippen molar-refractivity contribution in [2.75, 3.05) is 0 Å². The number of amides is 3. The lowest BCUT2D eigenvalue weighted by atomic mass is 9.93. The number of aryl methyl sites for hydroxylation is 2. The van der Waals surface area contributed by atoms with E-state index >= 15 is 0 Å². The van der Waals surface area contributed by atoms with Gasteiger partial charge in [0.05, 0.1) is 12.1 Å². The van der Waals surface area contributed by atoms with Gasteiger partial charge in [-0.05, 0) is 44.4 Å². The van der Waals surface area contributed by atoms with Crippen LogP contribution in [0.15, 0.2) is 64.1 Å². The second-order valence-corrected chi connectivity index (χ2v) is 8.24. The first-order chi connectivity index (χ1) is 16.4. The highest BCUT2D eigenvalue weighted by molar-refractivity contribution is 6.07. The van der Waals surface area contributed by atoms with E-state index in [9.17, 15) is 14.4 Å². The van der Waals surface area contributed by atoms with E-state index < -0.39 is 5.91 Å². The molecule has 34 heavy (non-hydrogen) atoms. The summed E-state index contributed by atoms with van der Waals surface area (Å²) < 4.78 is 5.83. The third-order valence-corrected chi connectivity index (χ3v) is 5.63. The highest BCUT2D eigenvalue weighted by Crippen LogP contribution is 2.29. The van der Waals surface area contributed by atoms with Gasteiger partial charge in [0.15, 0.2) is 5.76 Å². The van der Waals surface area contributed by atoms with Gasteiger partial charge in [-0.3, -0.25) is 25.2 Å².